The molecule has 4 rings (SSSR count). The molecule has 2 fully saturated rings. The lowest BCUT2D eigenvalue weighted by molar-refractivity contribution is 0.0945. The molecule has 0 bridgehead atoms. The van der Waals surface area contributed by atoms with Gasteiger partial charge in [-0.3, -0.25) is 14.8 Å². The minimum Gasteiger partial charge on any atom is -0.347 e. The van der Waals surface area contributed by atoms with Crippen molar-refractivity contribution < 1.29 is 4.79 Å². The number of rotatable bonds is 6. The van der Waals surface area contributed by atoms with Gasteiger partial charge in [0.25, 0.3) is 5.91 Å². The monoisotopic (exact) mass is 338 g/mol. The number of H-pyrrole nitrogens is 1. The lowest BCUT2D eigenvalue weighted by Crippen LogP contribution is -2.30. The van der Waals surface area contributed by atoms with Crippen molar-refractivity contribution in [3.05, 3.63) is 52.8 Å². The molecule has 1 aliphatic carbocycles. The van der Waals surface area contributed by atoms with E-state index in [2.05, 4.69) is 38.6 Å². The number of hydrogen-bond acceptors (Lipinski definition) is 3. The van der Waals surface area contributed by atoms with Crippen molar-refractivity contribution >= 4 is 5.91 Å². The molecule has 25 heavy (non-hydrogen) atoms. The van der Waals surface area contributed by atoms with Crippen LogP contribution in [0.2, 0.25) is 0 Å². The topological polar surface area (TPSA) is 61.0 Å². The smallest absolute Gasteiger partial charge is 0.272 e. The van der Waals surface area contributed by atoms with Gasteiger partial charge in [-0.15, -0.1) is 0 Å². The molecule has 2 N–H and O–H groups in total. The number of piperidine rings is 1. The molecule has 132 valence electrons. The fourth-order valence-electron chi connectivity index (χ4n) is 3.57. The van der Waals surface area contributed by atoms with Crippen LogP contribution in [0.25, 0.3) is 0 Å². The van der Waals surface area contributed by atoms with Crippen molar-refractivity contribution in [2.75, 3.05) is 13.1 Å². The van der Waals surface area contributed by atoms with E-state index in [1.54, 1.807) is 0 Å². The minimum atomic E-state index is -0.101. The van der Waals surface area contributed by atoms with Gasteiger partial charge < -0.3 is 5.32 Å². The molecule has 2 aliphatic rings. The van der Waals surface area contributed by atoms with Crippen LogP contribution >= 0.6 is 0 Å². The van der Waals surface area contributed by atoms with E-state index in [0.29, 0.717) is 18.2 Å². The van der Waals surface area contributed by atoms with Gasteiger partial charge in [-0.2, -0.15) is 5.10 Å². The van der Waals surface area contributed by atoms with Gasteiger partial charge in [0.2, 0.25) is 0 Å². The Bertz CT molecular complexity index is 729. The summed E-state index contributed by atoms with van der Waals surface area (Å²) in [4.78, 5) is 14.9. The second-order valence-corrected chi connectivity index (χ2v) is 7.27. The van der Waals surface area contributed by atoms with Gasteiger partial charge in [-0.05, 0) is 56.0 Å². The van der Waals surface area contributed by atoms with Crippen LogP contribution in [0.1, 0.15) is 65.3 Å². The lowest BCUT2D eigenvalue weighted by atomic mass is 10.0. The van der Waals surface area contributed by atoms with Crippen molar-refractivity contribution in [2.45, 2.75) is 51.1 Å². The van der Waals surface area contributed by atoms with E-state index in [1.807, 2.05) is 12.1 Å². The summed E-state index contributed by atoms with van der Waals surface area (Å²) in [6.45, 7) is 3.88. The van der Waals surface area contributed by atoms with Crippen LogP contribution in [-0.4, -0.2) is 34.1 Å². The molecule has 0 unspecified atom stereocenters. The number of carbonyl (C=O) groups is 1. The van der Waals surface area contributed by atoms with Crippen LogP contribution < -0.4 is 5.32 Å². The van der Waals surface area contributed by atoms with E-state index < -0.39 is 0 Å². The Labute approximate surface area is 148 Å². The average Bonchev–Trinajstić information content (AvgIpc) is 3.38. The van der Waals surface area contributed by atoms with Gasteiger partial charge in [0, 0.05) is 24.7 Å². The Morgan fingerprint density at radius 2 is 1.92 bits per heavy atom. The fourth-order valence-corrected chi connectivity index (χ4v) is 3.57. The molecule has 0 spiro atoms. The molecule has 2 heterocycles. The molecule has 1 aromatic heterocycles. The van der Waals surface area contributed by atoms with Gasteiger partial charge in [-0.1, -0.05) is 30.7 Å². The summed E-state index contributed by atoms with van der Waals surface area (Å²) in [5.74, 6) is 0.482. The Balaban J connectivity index is 1.37. The summed E-state index contributed by atoms with van der Waals surface area (Å²) in [5.41, 5.74) is 4.09. The highest BCUT2D eigenvalue weighted by molar-refractivity contribution is 5.92. The minimum absolute atomic E-state index is 0.101. The lowest BCUT2D eigenvalue weighted by Gasteiger charge is -2.27. The first-order chi connectivity index (χ1) is 12.3. The van der Waals surface area contributed by atoms with Gasteiger partial charge in [0.15, 0.2) is 0 Å². The molecule has 1 saturated carbocycles. The number of benzene rings is 1. The molecule has 0 radical (unpaired) electrons. The molecule has 1 saturated heterocycles. The Morgan fingerprint density at radius 1 is 1.16 bits per heavy atom. The number of aromatic amines is 1. The Morgan fingerprint density at radius 3 is 2.68 bits per heavy atom. The van der Waals surface area contributed by atoms with Gasteiger partial charge in [0.1, 0.15) is 5.69 Å². The third-order valence-electron chi connectivity index (χ3n) is 5.25. The quantitative estimate of drug-likeness (QED) is 0.850. The second-order valence-electron chi connectivity index (χ2n) is 7.27. The van der Waals surface area contributed by atoms with Crippen molar-refractivity contribution in [3.63, 3.8) is 0 Å². The van der Waals surface area contributed by atoms with Gasteiger partial charge in [-0.25, -0.2) is 0 Å². The van der Waals surface area contributed by atoms with Crippen LogP contribution in [0, 0.1) is 0 Å². The average molecular weight is 338 g/mol. The van der Waals surface area contributed by atoms with Crippen molar-refractivity contribution in [3.8, 4) is 0 Å². The number of nitrogens with zero attached hydrogens (tertiary/aromatic N) is 2. The number of hydrogen-bond donors (Lipinski definition) is 2. The maximum atomic E-state index is 12.4. The van der Waals surface area contributed by atoms with E-state index in [1.165, 1.54) is 56.3 Å². The van der Waals surface area contributed by atoms with Gasteiger partial charge in [0.05, 0.1) is 0 Å². The predicted octanol–water partition coefficient (Wildman–Crippen LogP) is 3.20. The number of likely N-dealkylation sites (tertiary alicyclic amines) is 1. The van der Waals surface area contributed by atoms with Crippen LogP contribution in [0.3, 0.4) is 0 Å². The Kier molecular flexibility index (Phi) is 4.83. The van der Waals surface area contributed by atoms with Crippen molar-refractivity contribution in [1.29, 1.82) is 0 Å². The summed E-state index contributed by atoms with van der Waals surface area (Å²) in [5, 5.41) is 10.2. The van der Waals surface area contributed by atoms with E-state index in [0.717, 1.165) is 12.2 Å². The molecule has 0 atom stereocenters. The molecule has 5 nitrogen and oxygen atoms in total. The second kappa shape index (κ2) is 7.40. The SMILES string of the molecule is O=C(NCc1ccccc1CN1CCCCC1)c1cc(C2CC2)[nH]n1. The zero-order chi connectivity index (χ0) is 17.1. The summed E-state index contributed by atoms with van der Waals surface area (Å²) < 4.78 is 0. The van der Waals surface area contributed by atoms with E-state index >= 15 is 0 Å². The van der Waals surface area contributed by atoms with E-state index in [-0.39, 0.29) is 5.91 Å². The first-order valence-electron chi connectivity index (χ1n) is 9.42. The number of carbonyl (C=O) groups excluding carboxylic acids is 1. The maximum absolute atomic E-state index is 12.4. The highest BCUT2D eigenvalue weighted by Crippen LogP contribution is 2.38. The molecule has 1 aromatic carbocycles. The van der Waals surface area contributed by atoms with Crippen molar-refractivity contribution in [1.82, 2.24) is 20.4 Å². The molecule has 1 aliphatic heterocycles. The highest BCUT2D eigenvalue weighted by atomic mass is 16.1. The number of nitrogens with one attached hydrogen (secondary N) is 2. The molecule has 1 amide bonds. The third kappa shape index (κ3) is 4.10. The normalized spacial score (nSPS) is 18.2. The van der Waals surface area contributed by atoms with Crippen LogP contribution in [-0.2, 0) is 13.1 Å². The third-order valence-corrected chi connectivity index (χ3v) is 5.25. The summed E-state index contributed by atoms with van der Waals surface area (Å²) >= 11 is 0. The summed E-state index contributed by atoms with van der Waals surface area (Å²) in [6.07, 6.45) is 6.34. The molecule has 5 heteroatoms. The fraction of sp³-hybridized carbons (Fsp3) is 0.500. The van der Waals surface area contributed by atoms with Gasteiger partial charge >= 0.3 is 0 Å². The highest BCUT2D eigenvalue weighted by Gasteiger charge is 2.26. The first-order valence-corrected chi connectivity index (χ1v) is 9.42. The van der Waals surface area contributed by atoms with Crippen LogP contribution in [0.4, 0.5) is 0 Å². The summed E-state index contributed by atoms with van der Waals surface area (Å²) in [6, 6.07) is 10.3. The first kappa shape index (κ1) is 16.3. The predicted molar refractivity (Wildman–Crippen MR) is 97.3 cm³/mol. The van der Waals surface area contributed by atoms with Crippen LogP contribution in [0.5, 0.6) is 0 Å². The van der Waals surface area contributed by atoms with E-state index in [9.17, 15) is 4.79 Å². The number of aromatic nitrogens is 2. The maximum Gasteiger partial charge on any atom is 0.272 e. The zero-order valence-electron chi connectivity index (χ0n) is 14.6. The largest absolute Gasteiger partial charge is 0.347 e. The molecular formula is C20H26N4O. The van der Waals surface area contributed by atoms with Crippen LogP contribution in [0.15, 0.2) is 30.3 Å². The number of amides is 1. The summed E-state index contributed by atoms with van der Waals surface area (Å²) in [7, 11) is 0. The van der Waals surface area contributed by atoms with E-state index in [4.69, 9.17) is 0 Å². The zero-order valence-corrected chi connectivity index (χ0v) is 14.6. The van der Waals surface area contributed by atoms with Crippen molar-refractivity contribution in [2.24, 2.45) is 0 Å². The molecule has 2 aromatic rings. The standard InChI is InChI=1S/C20H26N4O/c25-20(19-12-18(22-23-19)15-8-9-15)21-13-16-6-2-3-7-17(16)14-24-10-4-1-5-11-24/h2-3,6-7,12,15H,1,4-5,8-11,13-14H2,(H,21,25)(H,22,23). The molecular weight excluding hydrogens is 312 g/mol. The Hall–Kier alpha value is -2.14.